The van der Waals surface area contributed by atoms with Crippen LogP contribution in [-0.4, -0.2) is 27.3 Å². The lowest BCUT2D eigenvalue weighted by Crippen LogP contribution is -2.37. The van der Waals surface area contributed by atoms with Crippen molar-refractivity contribution in [2.45, 2.75) is 52.2 Å². The summed E-state index contributed by atoms with van der Waals surface area (Å²) in [5.74, 6) is -0.475. The Morgan fingerprint density at radius 1 is 1.29 bits per heavy atom. The fraction of sp³-hybridized carbons (Fsp3) is 0.444. The Labute approximate surface area is 141 Å². The number of hydrogen-bond acceptors (Lipinski definition) is 3. The molecule has 3 atom stereocenters. The molecule has 0 saturated carbocycles. The highest BCUT2D eigenvalue weighted by atomic mass is 19.1. The minimum Gasteiger partial charge on any atom is -0.386 e. The Bertz CT molecular complexity index is 677. The number of H-pyrrole nitrogens is 1. The first kappa shape index (κ1) is 18.1. The highest BCUT2D eigenvalue weighted by Gasteiger charge is 2.22. The van der Waals surface area contributed by atoms with Gasteiger partial charge in [0.25, 0.3) is 0 Å². The van der Waals surface area contributed by atoms with Gasteiger partial charge in [0.1, 0.15) is 5.82 Å². The number of aliphatic hydroxyl groups is 1. The first-order chi connectivity index (χ1) is 11.3. The van der Waals surface area contributed by atoms with E-state index in [0.29, 0.717) is 12.0 Å². The second kappa shape index (κ2) is 7.57. The molecule has 0 bridgehead atoms. The van der Waals surface area contributed by atoms with Gasteiger partial charge in [-0.25, -0.2) is 4.39 Å². The molecule has 0 aliphatic carbocycles. The topological polar surface area (TPSA) is 78.0 Å². The molecule has 1 aromatic heterocycles. The maximum Gasteiger partial charge on any atom is 0.220 e. The van der Waals surface area contributed by atoms with E-state index in [1.807, 2.05) is 20.8 Å². The number of aromatic amines is 1. The van der Waals surface area contributed by atoms with Crippen molar-refractivity contribution in [2.24, 2.45) is 0 Å². The van der Waals surface area contributed by atoms with Crippen LogP contribution in [-0.2, 0) is 4.79 Å². The Hall–Kier alpha value is -2.21. The van der Waals surface area contributed by atoms with E-state index in [1.165, 1.54) is 24.3 Å². The molecule has 3 N–H and O–H groups in total. The largest absolute Gasteiger partial charge is 0.386 e. The van der Waals surface area contributed by atoms with Crippen LogP contribution < -0.4 is 5.32 Å². The first-order valence-corrected chi connectivity index (χ1v) is 8.04. The van der Waals surface area contributed by atoms with Crippen molar-refractivity contribution in [1.29, 1.82) is 0 Å². The molecule has 1 aromatic carbocycles. The lowest BCUT2D eigenvalue weighted by molar-refractivity contribution is -0.122. The molecule has 0 radical (unpaired) electrons. The average Bonchev–Trinajstić information content (AvgIpc) is 2.86. The zero-order valence-corrected chi connectivity index (χ0v) is 14.4. The number of halogens is 1. The molecule has 0 aliphatic rings. The Kier molecular flexibility index (Phi) is 5.72. The molecule has 6 heteroatoms. The van der Waals surface area contributed by atoms with Gasteiger partial charge in [0.15, 0.2) is 0 Å². The highest BCUT2D eigenvalue weighted by Crippen LogP contribution is 2.24. The van der Waals surface area contributed by atoms with Gasteiger partial charge in [0.05, 0.1) is 17.8 Å². The zero-order chi connectivity index (χ0) is 17.9. The van der Waals surface area contributed by atoms with Crippen LogP contribution in [0.1, 0.15) is 54.8 Å². The SMILES string of the molecule is Cc1n[nH]c(C)c1[C@H](C)CC(=O)N[C@H](C)[C@@H](O)c1ccc(F)cc1. The van der Waals surface area contributed by atoms with Crippen molar-refractivity contribution in [2.75, 3.05) is 0 Å². The van der Waals surface area contributed by atoms with E-state index in [9.17, 15) is 14.3 Å². The number of aliphatic hydroxyl groups excluding tert-OH is 1. The fourth-order valence-electron chi connectivity index (χ4n) is 3.01. The molecule has 0 aliphatic heterocycles. The third-order valence-corrected chi connectivity index (χ3v) is 4.24. The number of rotatable bonds is 6. The lowest BCUT2D eigenvalue weighted by atomic mass is 9.95. The second-order valence-electron chi connectivity index (χ2n) is 6.31. The van der Waals surface area contributed by atoms with Crippen molar-refractivity contribution in [3.63, 3.8) is 0 Å². The minimum absolute atomic E-state index is 0.0268. The van der Waals surface area contributed by atoms with Crippen molar-refractivity contribution < 1.29 is 14.3 Å². The summed E-state index contributed by atoms with van der Waals surface area (Å²) in [5, 5.41) is 20.2. The molecule has 2 aromatic rings. The predicted molar refractivity (Wildman–Crippen MR) is 90.1 cm³/mol. The van der Waals surface area contributed by atoms with E-state index in [1.54, 1.807) is 6.92 Å². The van der Waals surface area contributed by atoms with E-state index < -0.39 is 12.1 Å². The summed E-state index contributed by atoms with van der Waals surface area (Å²) in [7, 11) is 0. The summed E-state index contributed by atoms with van der Waals surface area (Å²) < 4.78 is 12.9. The second-order valence-corrected chi connectivity index (χ2v) is 6.31. The summed E-state index contributed by atoms with van der Waals surface area (Å²) >= 11 is 0. The van der Waals surface area contributed by atoms with Gasteiger partial charge >= 0.3 is 0 Å². The van der Waals surface area contributed by atoms with Gasteiger partial charge < -0.3 is 10.4 Å². The quantitative estimate of drug-likeness (QED) is 0.760. The number of nitrogens with one attached hydrogen (secondary N) is 2. The average molecular weight is 333 g/mol. The molecular weight excluding hydrogens is 309 g/mol. The normalized spacial score (nSPS) is 14.9. The monoisotopic (exact) mass is 333 g/mol. The number of benzene rings is 1. The van der Waals surface area contributed by atoms with Crippen LogP contribution in [0.4, 0.5) is 4.39 Å². The van der Waals surface area contributed by atoms with E-state index in [0.717, 1.165) is 17.0 Å². The number of nitrogens with zero attached hydrogens (tertiary/aromatic N) is 1. The number of carbonyl (C=O) groups excluding carboxylic acids is 1. The summed E-state index contributed by atoms with van der Waals surface area (Å²) in [5.41, 5.74) is 3.48. The highest BCUT2D eigenvalue weighted by molar-refractivity contribution is 5.77. The van der Waals surface area contributed by atoms with Gasteiger partial charge in [0, 0.05) is 12.1 Å². The summed E-state index contributed by atoms with van der Waals surface area (Å²) in [6.45, 7) is 7.55. The maximum absolute atomic E-state index is 12.9. The van der Waals surface area contributed by atoms with Crippen LogP contribution in [0.2, 0.25) is 0 Å². The van der Waals surface area contributed by atoms with E-state index in [4.69, 9.17) is 0 Å². The third-order valence-electron chi connectivity index (χ3n) is 4.24. The van der Waals surface area contributed by atoms with E-state index in [-0.39, 0.29) is 17.6 Å². The molecule has 1 amide bonds. The van der Waals surface area contributed by atoms with Gasteiger partial charge in [-0.1, -0.05) is 19.1 Å². The van der Waals surface area contributed by atoms with Gasteiger partial charge in [0.2, 0.25) is 5.91 Å². The van der Waals surface area contributed by atoms with E-state index in [2.05, 4.69) is 15.5 Å². The molecular formula is C18H24FN3O2. The van der Waals surface area contributed by atoms with Gasteiger partial charge in [-0.05, 0) is 49.9 Å². The number of hydrogen-bond donors (Lipinski definition) is 3. The number of aromatic nitrogens is 2. The van der Waals surface area contributed by atoms with Gasteiger partial charge in [-0.3, -0.25) is 9.89 Å². The molecule has 1 heterocycles. The van der Waals surface area contributed by atoms with Crippen LogP contribution in [0.5, 0.6) is 0 Å². The van der Waals surface area contributed by atoms with Crippen LogP contribution in [0, 0.1) is 19.7 Å². The maximum atomic E-state index is 12.9. The zero-order valence-electron chi connectivity index (χ0n) is 14.4. The Morgan fingerprint density at radius 2 is 1.92 bits per heavy atom. The summed E-state index contributed by atoms with van der Waals surface area (Å²) in [6, 6.07) is 5.15. The van der Waals surface area contributed by atoms with Crippen LogP contribution in [0.3, 0.4) is 0 Å². The van der Waals surface area contributed by atoms with Gasteiger partial charge in [-0.2, -0.15) is 5.10 Å². The van der Waals surface area contributed by atoms with E-state index >= 15 is 0 Å². The molecule has 2 rings (SSSR count). The molecule has 0 fully saturated rings. The number of amides is 1. The van der Waals surface area contributed by atoms with Crippen molar-refractivity contribution in [3.05, 3.63) is 52.6 Å². The molecule has 0 unspecified atom stereocenters. The molecule has 5 nitrogen and oxygen atoms in total. The van der Waals surface area contributed by atoms with Gasteiger partial charge in [-0.15, -0.1) is 0 Å². The number of aryl methyl sites for hydroxylation is 2. The first-order valence-electron chi connectivity index (χ1n) is 8.04. The molecule has 0 saturated heterocycles. The van der Waals surface area contributed by atoms with Crippen LogP contribution in [0.15, 0.2) is 24.3 Å². The van der Waals surface area contributed by atoms with Crippen molar-refractivity contribution >= 4 is 5.91 Å². The lowest BCUT2D eigenvalue weighted by Gasteiger charge is -2.22. The molecule has 0 spiro atoms. The van der Waals surface area contributed by atoms with Crippen molar-refractivity contribution in [3.8, 4) is 0 Å². The molecule has 130 valence electrons. The smallest absolute Gasteiger partial charge is 0.220 e. The Balaban J connectivity index is 1.95. The minimum atomic E-state index is -0.887. The fourth-order valence-corrected chi connectivity index (χ4v) is 3.01. The van der Waals surface area contributed by atoms with Crippen LogP contribution >= 0.6 is 0 Å². The third kappa shape index (κ3) is 4.20. The number of carbonyl (C=O) groups is 1. The van der Waals surface area contributed by atoms with Crippen LogP contribution in [0.25, 0.3) is 0 Å². The molecule has 24 heavy (non-hydrogen) atoms. The van der Waals surface area contributed by atoms with Crippen molar-refractivity contribution in [1.82, 2.24) is 15.5 Å². The standard InChI is InChI=1S/C18H24FN3O2/c1-10(17-11(2)21-22-12(17)3)9-16(23)20-13(4)18(24)14-5-7-15(19)8-6-14/h5-8,10,13,18,24H,9H2,1-4H3,(H,20,23)(H,21,22)/t10-,13-,18-/m1/s1. The Morgan fingerprint density at radius 3 is 2.46 bits per heavy atom. The summed E-state index contributed by atoms with van der Waals surface area (Å²) in [4.78, 5) is 12.3. The predicted octanol–water partition coefficient (Wildman–Crippen LogP) is 2.90. The summed E-state index contributed by atoms with van der Waals surface area (Å²) in [6.07, 6.45) is -0.580.